The quantitative estimate of drug-likeness (QED) is 0.497. The van der Waals surface area contributed by atoms with Gasteiger partial charge < -0.3 is 26.8 Å². The molecule has 0 spiro atoms. The lowest BCUT2D eigenvalue weighted by Crippen LogP contribution is -2.62. The number of urea groups is 1. The molecule has 7 nitrogen and oxygen atoms in total. The lowest BCUT2D eigenvalue weighted by atomic mass is 9.93. The number of hydrogen-bond donors (Lipinski definition) is 4. The third-order valence-corrected chi connectivity index (χ3v) is 5.41. The van der Waals surface area contributed by atoms with Crippen LogP contribution in [0, 0.1) is 0 Å². The number of carbonyl (C=O) groups excluding carboxylic acids is 1. The van der Waals surface area contributed by atoms with Crippen LogP contribution in [0.25, 0.3) is 10.8 Å². The summed E-state index contributed by atoms with van der Waals surface area (Å²) >= 11 is 0. The number of nitrogens with one attached hydrogen (secondary N) is 1. The Morgan fingerprint density at radius 1 is 1.07 bits per heavy atom. The Balaban J connectivity index is 1.83. The maximum Gasteiger partial charge on any atom is 0.326 e. The maximum absolute atomic E-state index is 11.9. The van der Waals surface area contributed by atoms with E-state index in [4.69, 9.17) is 11.5 Å². The van der Waals surface area contributed by atoms with Gasteiger partial charge in [-0.05, 0) is 22.4 Å². The Kier molecular flexibility index (Phi) is 4.60. The van der Waals surface area contributed by atoms with E-state index in [2.05, 4.69) is 5.32 Å². The summed E-state index contributed by atoms with van der Waals surface area (Å²) in [7, 11) is 0. The number of primary amides is 1. The highest BCUT2D eigenvalue weighted by Crippen LogP contribution is 2.35. The molecule has 7 heteroatoms. The second kappa shape index (κ2) is 7.10. The molecule has 0 aromatic heterocycles. The van der Waals surface area contributed by atoms with Crippen molar-refractivity contribution in [2.75, 3.05) is 11.4 Å². The van der Waals surface area contributed by atoms with Crippen LogP contribution in [-0.4, -0.2) is 29.7 Å². The smallest absolute Gasteiger partial charge is 0.326 e. The van der Waals surface area contributed by atoms with Crippen LogP contribution in [0.3, 0.4) is 0 Å². The lowest BCUT2D eigenvalue weighted by molar-refractivity contribution is -0.138. The Labute approximate surface area is 167 Å². The van der Waals surface area contributed by atoms with Gasteiger partial charge >= 0.3 is 12.0 Å². The van der Waals surface area contributed by atoms with Crippen molar-refractivity contribution in [1.29, 1.82) is 0 Å². The molecule has 0 saturated carbocycles. The van der Waals surface area contributed by atoms with Gasteiger partial charge in [-0.3, -0.25) is 0 Å². The number of carboxylic acids is 1. The van der Waals surface area contributed by atoms with Crippen molar-refractivity contribution in [2.24, 2.45) is 11.5 Å². The number of carbonyl (C=O) groups is 2. The summed E-state index contributed by atoms with van der Waals surface area (Å²) in [4.78, 5) is 25.5. The second-order valence-electron chi connectivity index (χ2n) is 7.30. The predicted molar refractivity (Wildman–Crippen MR) is 111 cm³/mol. The fraction of sp³-hybridized carbons (Fsp3) is 0.182. The normalized spacial score (nSPS) is 17.6. The summed E-state index contributed by atoms with van der Waals surface area (Å²) in [6, 6.07) is 19.3. The molecule has 0 unspecified atom stereocenters. The minimum atomic E-state index is -1.39. The molecule has 3 aromatic carbocycles. The first-order chi connectivity index (χ1) is 13.9. The van der Waals surface area contributed by atoms with Gasteiger partial charge in [0.15, 0.2) is 0 Å². The molecule has 148 valence electrons. The average molecular weight is 390 g/mol. The highest BCUT2D eigenvalue weighted by atomic mass is 16.4. The maximum atomic E-state index is 11.9. The number of benzene rings is 3. The first kappa shape index (κ1) is 18.8. The molecule has 0 fully saturated rings. The van der Waals surface area contributed by atoms with E-state index in [1.165, 1.54) is 0 Å². The van der Waals surface area contributed by atoms with Crippen molar-refractivity contribution < 1.29 is 14.7 Å². The van der Waals surface area contributed by atoms with Crippen LogP contribution in [0.1, 0.15) is 11.1 Å². The number of fused-ring (bicyclic) bond motifs is 2. The Morgan fingerprint density at radius 3 is 2.52 bits per heavy atom. The van der Waals surface area contributed by atoms with E-state index in [1.807, 2.05) is 66.7 Å². The molecule has 3 aromatic rings. The van der Waals surface area contributed by atoms with Crippen LogP contribution in [-0.2, 0) is 16.9 Å². The van der Waals surface area contributed by atoms with Crippen LogP contribution in [0.2, 0.25) is 0 Å². The minimum Gasteiger partial charge on any atom is -0.480 e. The highest BCUT2D eigenvalue weighted by Gasteiger charge is 2.41. The molecule has 0 radical (unpaired) electrons. The van der Waals surface area contributed by atoms with E-state index in [0.717, 1.165) is 22.0 Å². The number of carboxylic acid groups (broad SMARTS) is 1. The number of amides is 2. The number of hydrogen-bond acceptors (Lipinski definition) is 4. The van der Waals surface area contributed by atoms with Crippen LogP contribution in [0.5, 0.6) is 0 Å². The van der Waals surface area contributed by atoms with Crippen molar-refractivity contribution in [3.05, 3.63) is 77.9 Å². The summed E-state index contributed by atoms with van der Waals surface area (Å²) < 4.78 is 0. The van der Waals surface area contributed by atoms with E-state index in [-0.39, 0.29) is 6.54 Å². The van der Waals surface area contributed by atoms with Gasteiger partial charge in [-0.15, -0.1) is 0 Å². The zero-order valence-corrected chi connectivity index (χ0v) is 15.7. The van der Waals surface area contributed by atoms with E-state index < -0.39 is 23.7 Å². The SMILES string of the molecule is NC(=O)N[C@@](N)(CN1c2ccccc2C[C@H]1C(=O)O)c1cccc2ccccc12. The highest BCUT2D eigenvalue weighted by molar-refractivity contribution is 5.88. The molecule has 1 aliphatic heterocycles. The monoisotopic (exact) mass is 390 g/mol. The summed E-state index contributed by atoms with van der Waals surface area (Å²) in [6.45, 7) is 0.0535. The molecule has 0 saturated heterocycles. The van der Waals surface area contributed by atoms with Gasteiger partial charge in [0.2, 0.25) is 0 Å². The summed E-state index contributed by atoms with van der Waals surface area (Å²) in [6.07, 6.45) is 0.369. The molecule has 2 amide bonds. The van der Waals surface area contributed by atoms with Crippen molar-refractivity contribution >= 4 is 28.5 Å². The van der Waals surface area contributed by atoms with E-state index in [1.54, 1.807) is 4.90 Å². The molecule has 4 rings (SSSR count). The number of nitrogens with zero attached hydrogens (tertiary/aromatic N) is 1. The molecule has 0 aliphatic carbocycles. The van der Waals surface area contributed by atoms with E-state index in [9.17, 15) is 14.7 Å². The zero-order chi connectivity index (χ0) is 20.6. The molecule has 1 aliphatic rings. The van der Waals surface area contributed by atoms with E-state index >= 15 is 0 Å². The topological polar surface area (TPSA) is 122 Å². The molecule has 6 N–H and O–H groups in total. The first-order valence-electron chi connectivity index (χ1n) is 9.31. The van der Waals surface area contributed by atoms with Gasteiger partial charge in [-0.1, -0.05) is 60.7 Å². The number of rotatable bonds is 5. The Bertz CT molecular complexity index is 1090. The first-order valence-corrected chi connectivity index (χ1v) is 9.31. The average Bonchev–Trinajstić information content (AvgIpc) is 3.05. The van der Waals surface area contributed by atoms with Crippen LogP contribution >= 0.6 is 0 Å². The van der Waals surface area contributed by atoms with Crippen LogP contribution < -0.4 is 21.7 Å². The van der Waals surface area contributed by atoms with Gasteiger partial charge in [0, 0.05) is 17.7 Å². The van der Waals surface area contributed by atoms with Gasteiger partial charge in [-0.25, -0.2) is 9.59 Å². The fourth-order valence-corrected chi connectivity index (χ4v) is 4.16. The largest absolute Gasteiger partial charge is 0.480 e. The molecule has 2 atom stereocenters. The van der Waals surface area contributed by atoms with Crippen LogP contribution in [0.4, 0.5) is 10.5 Å². The van der Waals surface area contributed by atoms with Gasteiger partial charge in [0.1, 0.15) is 11.7 Å². The predicted octanol–water partition coefficient (Wildman–Crippen LogP) is 2.14. The summed E-state index contributed by atoms with van der Waals surface area (Å²) in [5, 5.41) is 14.3. The molecular formula is C22H22N4O3. The summed E-state index contributed by atoms with van der Waals surface area (Å²) in [5.41, 5.74) is 13.2. The molecule has 1 heterocycles. The second-order valence-corrected chi connectivity index (χ2v) is 7.30. The van der Waals surface area contributed by atoms with Gasteiger partial charge in [0.05, 0.1) is 6.54 Å². The van der Waals surface area contributed by atoms with Gasteiger partial charge in [-0.2, -0.15) is 0 Å². The third-order valence-electron chi connectivity index (χ3n) is 5.41. The van der Waals surface area contributed by atoms with Crippen molar-refractivity contribution in [3.8, 4) is 0 Å². The Morgan fingerprint density at radius 2 is 1.76 bits per heavy atom. The van der Waals surface area contributed by atoms with E-state index in [0.29, 0.717) is 12.0 Å². The minimum absolute atomic E-state index is 0.0535. The Hall–Kier alpha value is -3.58. The number of anilines is 1. The number of aliphatic carboxylic acids is 1. The molecular weight excluding hydrogens is 368 g/mol. The fourth-order valence-electron chi connectivity index (χ4n) is 4.16. The van der Waals surface area contributed by atoms with Crippen molar-refractivity contribution in [2.45, 2.75) is 18.1 Å². The van der Waals surface area contributed by atoms with Gasteiger partial charge in [0.25, 0.3) is 0 Å². The lowest BCUT2D eigenvalue weighted by Gasteiger charge is -2.37. The van der Waals surface area contributed by atoms with Crippen LogP contribution in [0.15, 0.2) is 66.7 Å². The van der Waals surface area contributed by atoms with Crippen molar-refractivity contribution in [3.63, 3.8) is 0 Å². The standard InChI is InChI=1S/C22H22N4O3/c23-21(29)25-22(24,17-10-5-8-14-6-1-3-9-16(14)17)13-26-18-11-4-2-7-15(18)12-19(26)20(27)28/h1-11,19H,12-13,24H2,(H,27,28)(H3,23,25,29)/t19-,22-/m0/s1. The summed E-state index contributed by atoms with van der Waals surface area (Å²) in [5.74, 6) is -0.944. The molecule has 29 heavy (non-hydrogen) atoms. The zero-order valence-electron chi connectivity index (χ0n) is 15.7. The van der Waals surface area contributed by atoms with Crippen molar-refractivity contribution in [1.82, 2.24) is 5.32 Å². The molecule has 0 bridgehead atoms. The number of nitrogens with two attached hydrogens (primary N) is 2. The number of para-hydroxylation sites is 1. The third kappa shape index (κ3) is 3.36.